The first-order valence-corrected chi connectivity index (χ1v) is 5.54. The van der Waals surface area contributed by atoms with E-state index in [-0.39, 0.29) is 12.4 Å². The van der Waals surface area contributed by atoms with E-state index >= 15 is 0 Å². The van der Waals surface area contributed by atoms with Crippen molar-refractivity contribution >= 4 is 47.8 Å². The van der Waals surface area contributed by atoms with Crippen molar-refractivity contribution in [3.05, 3.63) is 33.8 Å². The number of nitrogens with one attached hydrogen (secondary N) is 2. The highest BCUT2D eigenvalue weighted by Gasteiger charge is 2.03. The van der Waals surface area contributed by atoms with Crippen LogP contribution in [0.2, 0.25) is 10.0 Å². The first kappa shape index (κ1) is 14.1. The molecule has 0 saturated heterocycles. The number of nitrogens with zero attached hydrogens (tertiary/aromatic N) is 2. The van der Waals surface area contributed by atoms with E-state index in [1.807, 2.05) is 0 Å². The molecule has 7 heteroatoms. The minimum atomic E-state index is 0. The van der Waals surface area contributed by atoms with E-state index in [2.05, 4.69) is 20.8 Å². The third kappa shape index (κ3) is 3.77. The molecule has 0 fully saturated rings. The maximum atomic E-state index is 5.98. The van der Waals surface area contributed by atoms with Gasteiger partial charge < -0.3 is 5.32 Å². The van der Waals surface area contributed by atoms with Crippen LogP contribution in [0.25, 0.3) is 0 Å². The Balaban J connectivity index is 0.00000144. The summed E-state index contributed by atoms with van der Waals surface area (Å²) in [6.45, 7) is 1.61. The van der Waals surface area contributed by atoms with Crippen molar-refractivity contribution in [1.29, 1.82) is 0 Å². The number of hydrogen-bond acceptors (Lipinski definition) is 4. The summed E-state index contributed by atoms with van der Waals surface area (Å²) in [6, 6.07) is 5.32. The van der Waals surface area contributed by atoms with Crippen LogP contribution in [0.5, 0.6) is 0 Å². The number of hydrazone groups is 1. The summed E-state index contributed by atoms with van der Waals surface area (Å²) in [6.07, 6.45) is 1.58. The summed E-state index contributed by atoms with van der Waals surface area (Å²) in [5, 5.41) is 8.18. The molecule has 4 nitrogen and oxygen atoms in total. The fraction of sp³-hybridized carbons (Fsp3) is 0.200. The maximum absolute atomic E-state index is 5.98. The predicted octanol–water partition coefficient (Wildman–Crippen LogP) is 2.30. The Kier molecular flexibility index (Phi) is 5.55. The van der Waals surface area contributed by atoms with Gasteiger partial charge in [-0.1, -0.05) is 29.3 Å². The summed E-state index contributed by atoms with van der Waals surface area (Å²) in [7, 11) is 0. The normalized spacial score (nSPS) is 14.1. The van der Waals surface area contributed by atoms with Gasteiger partial charge in [0, 0.05) is 12.1 Å². The number of rotatable bonds is 2. The highest BCUT2D eigenvalue weighted by molar-refractivity contribution is 6.38. The second-order valence-corrected chi connectivity index (χ2v) is 3.98. The molecule has 0 bridgehead atoms. The molecule has 0 amide bonds. The molecular formula is C10H11Cl3N4. The van der Waals surface area contributed by atoms with Gasteiger partial charge in [0.1, 0.15) is 0 Å². The number of benzene rings is 1. The third-order valence-corrected chi connectivity index (χ3v) is 2.70. The van der Waals surface area contributed by atoms with Crippen LogP contribution < -0.4 is 10.7 Å². The van der Waals surface area contributed by atoms with E-state index in [4.69, 9.17) is 23.2 Å². The van der Waals surface area contributed by atoms with E-state index < -0.39 is 0 Å². The van der Waals surface area contributed by atoms with Gasteiger partial charge in [-0.15, -0.1) is 12.4 Å². The third-order valence-electron chi connectivity index (χ3n) is 2.04. The van der Waals surface area contributed by atoms with Crippen molar-refractivity contribution in [1.82, 2.24) is 10.7 Å². The second-order valence-electron chi connectivity index (χ2n) is 3.16. The van der Waals surface area contributed by atoms with Crippen LogP contribution in [0, 0.1) is 0 Å². The van der Waals surface area contributed by atoms with E-state index in [0.717, 1.165) is 13.1 Å². The lowest BCUT2D eigenvalue weighted by Gasteiger charge is -2.01. The van der Waals surface area contributed by atoms with Crippen molar-refractivity contribution < 1.29 is 0 Å². The van der Waals surface area contributed by atoms with Crippen LogP contribution in [0.1, 0.15) is 5.56 Å². The fourth-order valence-electron chi connectivity index (χ4n) is 1.26. The van der Waals surface area contributed by atoms with Gasteiger partial charge in [0.15, 0.2) is 0 Å². The Hall–Kier alpha value is -0.970. The van der Waals surface area contributed by atoms with Gasteiger partial charge >= 0.3 is 0 Å². The van der Waals surface area contributed by atoms with Crippen molar-refractivity contribution in [2.24, 2.45) is 10.1 Å². The zero-order chi connectivity index (χ0) is 11.4. The zero-order valence-electron chi connectivity index (χ0n) is 8.78. The van der Waals surface area contributed by atoms with Crippen LogP contribution in [0.4, 0.5) is 0 Å². The molecule has 1 aromatic rings. The highest BCUT2D eigenvalue weighted by atomic mass is 35.5. The predicted molar refractivity (Wildman–Crippen MR) is 74.7 cm³/mol. The first-order valence-electron chi connectivity index (χ1n) is 4.79. The second kappa shape index (κ2) is 6.69. The molecule has 2 N–H and O–H groups in total. The summed E-state index contributed by atoms with van der Waals surface area (Å²) in [5.74, 6) is 0.666. The van der Waals surface area contributed by atoms with Gasteiger partial charge in [-0.25, -0.2) is 10.4 Å². The Bertz CT molecular complexity index is 425. The van der Waals surface area contributed by atoms with Gasteiger partial charge in [0.25, 0.3) is 0 Å². The summed E-state index contributed by atoms with van der Waals surface area (Å²) < 4.78 is 0. The molecule has 0 aromatic heterocycles. The molecule has 1 aliphatic rings. The average Bonchev–Trinajstić information content (AvgIpc) is 2.75. The van der Waals surface area contributed by atoms with Crippen LogP contribution in [0.15, 0.2) is 28.3 Å². The summed E-state index contributed by atoms with van der Waals surface area (Å²) in [5.41, 5.74) is 3.47. The minimum Gasteiger partial charge on any atom is -0.353 e. The molecule has 0 aliphatic carbocycles. The lowest BCUT2D eigenvalue weighted by atomic mass is 10.2. The van der Waals surface area contributed by atoms with Crippen molar-refractivity contribution in [3.8, 4) is 0 Å². The Labute approximate surface area is 116 Å². The quantitative estimate of drug-likeness (QED) is 0.649. The van der Waals surface area contributed by atoms with Crippen molar-refractivity contribution in [3.63, 3.8) is 0 Å². The van der Waals surface area contributed by atoms with Gasteiger partial charge in [-0.2, -0.15) is 5.10 Å². The molecule has 0 saturated carbocycles. The molecule has 2 rings (SSSR count). The van der Waals surface area contributed by atoms with E-state index in [0.29, 0.717) is 21.6 Å². The minimum absolute atomic E-state index is 0. The SMILES string of the molecule is Cl.Clc1cccc(Cl)c1C=NNC1=NCCN1. The fourth-order valence-corrected chi connectivity index (χ4v) is 1.76. The van der Waals surface area contributed by atoms with Crippen LogP contribution in [-0.2, 0) is 0 Å². The van der Waals surface area contributed by atoms with E-state index in [1.165, 1.54) is 0 Å². The lowest BCUT2D eigenvalue weighted by molar-refractivity contribution is 0.920. The smallest absolute Gasteiger partial charge is 0.212 e. The molecule has 0 radical (unpaired) electrons. The molecule has 1 aliphatic heterocycles. The number of guanidine groups is 1. The van der Waals surface area contributed by atoms with E-state index in [1.54, 1.807) is 24.4 Å². The molecule has 1 heterocycles. The molecular weight excluding hydrogens is 282 g/mol. The Morgan fingerprint density at radius 1 is 1.35 bits per heavy atom. The van der Waals surface area contributed by atoms with Crippen LogP contribution in [0.3, 0.4) is 0 Å². The molecule has 0 spiro atoms. The van der Waals surface area contributed by atoms with Crippen molar-refractivity contribution in [2.45, 2.75) is 0 Å². The van der Waals surface area contributed by atoms with Crippen molar-refractivity contribution in [2.75, 3.05) is 13.1 Å². The zero-order valence-corrected chi connectivity index (χ0v) is 11.1. The molecule has 0 unspecified atom stereocenters. The van der Waals surface area contributed by atoms with Gasteiger partial charge in [0.2, 0.25) is 5.96 Å². The van der Waals surface area contributed by atoms with Gasteiger partial charge in [0.05, 0.1) is 22.8 Å². The number of hydrogen-bond donors (Lipinski definition) is 2. The van der Waals surface area contributed by atoms with Gasteiger partial charge in [-0.3, -0.25) is 0 Å². The van der Waals surface area contributed by atoms with Crippen LogP contribution in [-0.4, -0.2) is 25.3 Å². The Morgan fingerprint density at radius 2 is 2.06 bits per heavy atom. The Morgan fingerprint density at radius 3 is 2.65 bits per heavy atom. The highest BCUT2D eigenvalue weighted by Crippen LogP contribution is 2.21. The van der Waals surface area contributed by atoms with Gasteiger partial charge in [-0.05, 0) is 12.1 Å². The summed E-state index contributed by atoms with van der Waals surface area (Å²) in [4.78, 5) is 4.13. The monoisotopic (exact) mass is 292 g/mol. The maximum Gasteiger partial charge on any atom is 0.212 e. The largest absolute Gasteiger partial charge is 0.353 e. The number of aliphatic imine (C=N–C) groups is 1. The molecule has 1 aromatic carbocycles. The first-order chi connectivity index (χ1) is 7.77. The topological polar surface area (TPSA) is 48.8 Å². The lowest BCUT2D eigenvalue weighted by Crippen LogP contribution is -2.30. The molecule has 17 heavy (non-hydrogen) atoms. The average molecular weight is 294 g/mol. The van der Waals surface area contributed by atoms with Crippen LogP contribution >= 0.6 is 35.6 Å². The molecule has 92 valence electrons. The standard InChI is InChI=1S/C10H10Cl2N4.ClH/c11-8-2-1-3-9(12)7(8)6-15-16-10-13-4-5-14-10;/h1-3,6H,4-5H2,(H2,13,14,16);1H. The summed E-state index contributed by atoms with van der Waals surface area (Å²) >= 11 is 12.0. The number of halogens is 3. The molecule has 0 atom stereocenters. The van der Waals surface area contributed by atoms with E-state index in [9.17, 15) is 0 Å².